The third kappa shape index (κ3) is 5.42. The summed E-state index contributed by atoms with van der Waals surface area (Å²) in [7, 11) is -9.98. The van der Waals surface area contributed by atoms with E-state index in [0.29, 0.717) is 0 Å². The van der Waals surface area contributed by atoms with Crippen molar-refractivity contribution in [1.29, 1.82) is 5.41 Å². The third-order valence-electron chi connectivity index (χ3n) is 7.92. The Bertz CT molecular complexity index is 1750. The van der Waals surface area contributed by atoms with Crippen molar-refractivity contribution < 1.29 is 56.3 Å². The number of guanidine groups is 1. The molecule has 25 heteroatoms. The molecule has 2 aromatic rings. The number of alkyl halides is 1. The number of halogens is 1. The van der Waals surface area contributed by atoms with Gasteiger partial charge in [-0.1, -0.05) is 0 Å². The summed E-state index contributed by atoms with van der Waals surface area (Å²) in [4.78, 5) is 55.1. The number of rotatable bonds is 3. The molecular weight excluding hydrogens is 663 g/mol. The number of aliphatic imine (C=N–C) groups is 2. The van der Waals surface area contributed by atoms with E-state index >= 15 is 4.39 Å². The van der Waals surface area contributed by atoms with Crippen LogP contribution < -0.4 is 16.1 Å². The van der Waals surface area contributed by atoms with Gasteiger partial charge in [-0.3, -0.25) is 43.6 Å². The molecule has 46 heavy (non-hydrogen) atoms. The van der Waals surface area contributed by atoms with E-state index in [1.165, 1.54) is 11.2 Å². The number of aliphatic hydroxyl groups is 1. The maximum Gasteiger partial charge on any atom is 0.472 e. The van der Waals surface area contributed by atoms with Crippen molar-refractivity contribution in [2.24, 2.45) is 15.9 Å². The molecule has 5 aliphatic heterocycles. The van der Waals surface area contributed by atoms with Crippen LogP contribution >= 0.6 is 15.6 Å². The van der Waals surface area contributed by atoms with Gasteiger partial charge in [-0.2, -0.15) is 4.99 Å². The number of anilines is 1. The van der Waals surface area contributed by atoms with Crippen molar-refractivity contribution in [3.8, 4) is 0 Å². The lowest BCUT2D eigenvalue weighted by Gasteiger charge is -2.32. The molecule has 11 unspecified atom stereocenters. The highest BCUT2D eigenvalue weighted by atomic mass is 31.2. The monoisotopic (exact) mass is 689 g/mol. The maximum absolute atomic E-state index is 15.9. The maximum atomic E-state index is 15.9. The molecule has 3 saturated heterocycles. The number of nitrogens with one attached hydrogen (secondary N) is 3. The summed E-state index contributed by atoms with van der Waals surface area (Å²) in [6.45, 7) is -2.25. The number of nitrogen functional groups attached to an aromatic ring is 1. The zero-order valence-corrected chi connectivity index (χ0v) is 24.9. The van der Waals surface area contributed by atoms with Gasteiger partial charge in [0.25, 0.3) is 5.91 Å². The fraction of sp³-hybridized carbons (Fsp3) is 0.571. The second-order valence-electron chi connectivity index (χ2n) is 10.7. The summed E-state index contributed by atoms with van der Waals surface area (Å²) in [5.74, 6) is -2.26. The Hall–Kier alpha value is -3.34. The van der Waals surface area contributed by atoms with Crippen LogP contribution in [0.15, 0.2) is 22.6 Å². The average molecular weight is 689 g/mol. The fourth-order valence-electron chi connectivity index (χ4n) is 5.82. The normalized spacial score (nSPS) is 41.3. The number of hydrogen-bond acceptors (Lipinski definition) is 16. The van der Waals surface area contributed by atoms with Crippen LogP contribution in [0.5, 0.6) is 0 Å². The highest BCUT2D eigenvalue weighted by Crippen LogP contribution is 2.52. The Labute approximate surface area is 256 Å². The van der Waals surface area contributed by atoms with Crippen molar-refractivity contribution in [3.05, 3.63) is 12.7 Å². The number of carbonyl (C=O) groups excluding carboxylic acids is 1. The number of carbonyl (C=O) groups is 1. The lowest BCUT2D eigenvalue weighted by Crippen LogP contribution is -2.55. The minimum Gasteiger partial charge on any atom is -0.396 e. The van der Waals surface area contributed by atoms with Crippen LogP contribution in [0.1, 0.15) is 6.23 Å². The number of hydrogen-bond donors (Lipinski definition) is 7. The zero-order valence-electron chi connectivity index (χ0n) is 23.1. The van der Waals surface area contributed by atoms with Crippen molar-refractivity contribution in [2.45, 2.75) is 49.0 Å². The van der Waals surface area contributed by atoms with Gasteiger partial charge in [0.05, 0.1) is 44.6 Å². The van der Waals surface area contributed by atoms with Crippen molar-refractivity contribution in [3.63, 3.8) is 0 Å². The SMILES string of the molecule is N=C1N=C2C(N=CN2C2OC3COP(=O)(O)OC4C(COP(=O)(O)NC2C3CO)OC(n2cnc3c(N)ncnc32)C4F)C(=O)N1. The first-order valence-electron chi connectivity index (χ1n) is 13.5. The molecule has 5 aliphatic rings. The smallest absolute Gasteiger partial charge is 0.396 e. The van der Waals surface area contributed by atoms with Gasteiger partial charge in [0.2, 0.25) is 5.96 Å². The van der Waals surface area contributed by atoms with Crippen LogP contribution in [0.3, 0.4) is 0 Å². The molecule has 0 aliphatic carbocycles. The van der Waals surface area contributed by atoms with Gasteiger partial charge in [-0.25, -0.2) is 33.6 Å². The molecule has 8 N–H and O–H groups in total. The standard InChI is InChI=1S/C21H26FN11O11P2/c22-10-14-9(43-19(10)32-5-27-12-15(23)25-4-26-16(12)32)3-40-45(36,37)31-11-7(1-34)8(2-41-46(38,39)44-14)42-20(11)33-6-28-13-17(33)29-21(24)30-18(13)35/h4-11,13-14,19-20,34H,1-3H2,(H,38,39)(H2,23,25,26)(H2,24,30,35)(H2,31,36,37). The van der Waals surface area contributed by atoms with Gasteiger partial charge in [-0.15, -0.1) is 0 Å². The molecule has 1 amide bonds. The van der Waals surface area contributed by atoms with Crippen LogP contribution in [0.2, 0.25) is 0 Å². The van der Waals surface area contributed by atoms with E-state index in [0.717, 1.165) is 17.2 Å². The van der Waals surface area contributed by atoms with Crippen molar-refractivity contribution in [2.75, 3.05) is 25.6 Å². The van der Waals surface area contributed by atoms with E-state index in [2.05, 4.69) is 35.3 Å². The summed E-state index contributed by atoms with van der Waals surface area (Å²) >= 11 is 0. The quantitative estimate of drug-likeness (QED) is 0.167. The third-order valence-corrected chi connectivity index (χ3v) is 10.0. The van der Waals surface area contributed by atoms with Gasteiger partial charge in [0.1, 0.15) is 24.1 Å². The molecule has 2 aromatic heterocycles. The predicted molar refractivity (Wildman–Crippen MR) is 149 cm³/mol. The number of nitrogens with zero attached hydrogens (tertiary/aromatic N) is 7. The van der Waals surface area contributed by atoms with Gasteiger partial charge in [0.15, 0.2) is 42.0 Å². The minimum absolute atomic E-state index is 0.00370. The van der Waals surface area contributed by atoms with Crippen molar-refractivity contribution in [1.82, 2.24) is 34.8 Å². The molecular formula is C21H26FN11O11P2. The Morgan fingerprint density at radius 3 is 2.67 bits per heavy atom. The summed E-state index contributed by atoms with van der Waals surface area (Å²) in [5.41, 5.74) is 6.02. The molecule has 248 valence electrons. The predicted octanol–water partition coefficient (Wildman–Crippen LogP) is -2.26. The van der Waals surface area contributed by atoms with Crippen LogP contribution in [-0.2, 0) is 37.0 Å². The Morgan fingerprint density at radius 1 is 1.13 bits per heavy atom. The molecule has 22 nitrogen and oxygen atoms in total. The number of phosphoric ester groups is 1. The molecule has 11 atom stereocenters. The van der Waals surface area contributed by atoms with Gasteiger partial charge in [0, 0.05) is 5.92 Å². The van der Waals surface area contributed by atoms with E-state index in [9.17, 15) is 28.8 Å². The van der Waals surface area contributed by atoms with E-state index in [-0.39, 0.29) is 22.8 Å². The number of ether oxygens (including phenoxy) is 2. The first kappa shape index (κ1) is 31.3. The van der Waals surface area contributed by atoms with Crippen LogP contribution in [0.4, 0.5) is 10.2 Å². The first-order chi connectivity index (χ1) is 21.9. The molecule has 0 radical (unpaired) electrons. The Kier molecular flexibility index (Phi) is 7.76. The van der Waals surface area contributed by atoms with Crippen LogP contribution in [-0.4, -0.2) is 126 Å². The molecule has 2 bridgehead atoms. The molecule has 0 aromatic carbocycles. The Morgan fingerprint density at radius 2 is 1.89 bits per heavy atom. The number of amidine groups is 1. The Balaban J connectivity index is 1.19. The summed E-state index contributed by atoms with van der Waals surface area (Å²) in [6.07, 6.45) is -6.26. The lowest BCUT2D eigenvalue weighted by atomic mass is 9.97. The number of phosphoric acid groups is 1. The highest BCUT2D eigenvalue weighted by molar-refractivity contribution is 7.50. The summed E-state index contributed by atoms with van der Waals surface area (Å²) in [6, 6.07) is -2.44. The number of amides is 1. The highest BCUT2D eigenvalue weighted by Gasteiger charge is 2.55. The van der Waals surface area contributed by atoms with E-state index < -0.39 is 102 Å². The number of imidazole rings is 1. The van der Waals surface area contributed by atoms with Crippen LogP contribution in [0, 0.1) is 11.3 Å². The average Bonchev–Trinajstić information content (AvgIpc) is 3.75. The van der Waals surface area contributed by atoms with E-state index in [1.54, 1.807) is 0 Å². The molecule has 0 spiro atoms. The fourth-order valence-corrected chi connectivity index (χ4v) is 7.89. The van der Waals surface area contributed by atoms with Crippen LogP contribution in [0.25, 0.3) is 11.2 Å². The van der Waals surface area contributed by atoms with Gasteiger partial charge >= 0.3 is 15.6 Å². The molecule has 7 rings (SSSR count). The van der Waals surface area contributed by atoms with E-state index in [4.69, 9.17) is 34.2 Å². The lowest BCUT2D eigenvalue weighted by molar-refractivity contribution is -0.119. The van der Waals surface area contributed by atoms with Crippen molar-refractivity contribution >= 4 is 56.6 Å². The van der Waals surface area contributed by atoms with Gasteiger partial charge < -0.3 is 30.1 Å². The second kappa shape index (κ2) is 11.4. The zero-order chi connectivity index (χ0) is 32.5. The molecule has 3 fully saturated rings. The number of aliphatic hydroxyl groups excluding tert-OH is 1. The second-order valence-corrected chi connectivity index (χ2v) is 13.7. The molecule has 0 saturated carbocycles. The minimum atomic E-state index is -5.11. The first-order valence-corrected chi connectivity index (χ1v) is 16.6. The largest absolute Gasteiger partial charge is 0.472 e. The summed E-state index contributed by atoms with van der Waals surface area (Å²) < 4.78 is 71.0. The number of nitrogens with two attached hydrogens (primary N) is 1. The number of aromatic nitrogens is 4. The van der Waals surface area contributed by atoms with Gasteiger partial charge in [-0.05, 0) is 0 Å². The van der Waals surface area contributed by atoms with E-state index in [1.807, 2.05) is 0 Å². The topological polar surface area (TPSA) is 304 Å². The molecule has 7 heterocycles. The summed E-state index contributed by atoms with van der Waals surface area (Å²) in [5, 5.41) is 22.7. The number of fused-ring (bicyclic) bond motifs is 5.